The molecule has 0 saturated heterocycles. The Morgan fingerprint density at radius 2 is 1.74 bits per heavy atom. The lowest BCUT2D eigenvalue weighted by Gasteiger charge is -2.12. The SMILES string of the molecule is Cc1ccc(-n2c(SCCC(=O)Nc3ccccc3)nnc2-c2ccncc2)cc1C. The van der Waals surface area contributed by atoms with E-state index in [1.807, 2.05) is 47.0 Å². The van der Waals surface area contributed by atoms with Crippen LogP contribution in [0.4, 0.5) is 5.69 Å². The first kappa shape index (κ1) is 20.8. The molecule has 7 heteroatoms. The Kier molecular flexibility index (Phi) is 6.43. The van der Waals surface area contributed by atoms with Crippen molar-refractivity contribution in [1.29, 1.82) is 0 Å². The van der Waals surface area contributed by atoms with Gasteiger partial charge in [-0.3, -0.25) is 14.3 Å². The first-order valence-electron chi connectivity index (χ1n) is 10.0. The minimum absolute atomic E-state index is 0.0229. The molecule has 2 aromatic carbocycles. The predicted octanol–water partition coefficient (Wildman–Crippen LogP) is 5.07. The number of para-hydroxylation sites is 1. The molecule has 4 aromatic rings. The maximum Gasteiger partial charge on any atom is 0.225 e. The Morgan fingerprint density at radius 3 is 2.48 bits per heavy atom. The zero-order chi connectivity index (χ0) is 21.6. The third-order valence-corrected chi connectivity index (χ3v) is 5.87. The fourth-order valence-electron chi connectivity index (χ4n) is 3.13. The number of anilines is 1. The number of carbonyl (C=O) groups is 1. The number of thioether (sulfide) groups is 1. The van der Waals surface area contributed by atoms with Gasteiger partial charge in [-0.2, -0.15) is 0 Å². The lowest BCUT2D eigenvalue weighted by atomic mass is 10.1. The van der Waals surface area contributed by atoms with E-state index in [4.69, 9.17) is 0 Å². The minimum atomic E-state index is -0.0229. The van der Waals surface area contributed by atoms with Gasteiger partial charge in [-0.25, -0.2) is 0 Å². The molecule has 0 radical (unpaired) electrons. The van der Waals surface area contributed by atoms with Crippen molar-refractivity contribution in [2.24, 2.45) is 0 Å². The molecule has 1 amide bonds. The molecule has 1 N–H and O–H groups in total. The second-order valence-corrected chi connectivity index (χ2v) is 8.22. The van der Waals surface area contributed by atoms with Gasteiger partial charge in [0, 0.05) is 35.8 Å². The van der Waals surface area contributed by atoms with E-state index >= 15 is 0 Å². The van der Waals surface area contributed by atoms with E-state index in [-0.39, 0.29) is 5.91 Å². The summed E-state index contributed by atoms with van der Waals surface area (Å²) in [6.45, 7) is 4.19. The van der Waals surface area contributed by atoms with Crippen molar-refractivity contribution in [2.75, 3.05) is 11.1 Å². The van der Waals surface area contributed by atoms with Gasteiger partial charge >= 0.3 is 0 Å². The van der Waals surface area contributed by atoms with Gasteiger partial charge in [-0.05, 0) is 61.4 Å². The topological polar surface area (TPSA) is 72.7 Å². The molecule has 0 spiro atoms. The molecule has 0 bridgehead atoms. The van der Waals surface area contributed by atoms with Gasteiger partial charge in [-0.15, -0.1) is 10.2 Å². The summed E-state index contributed by atoms with van der Waals surface area (Å²) < 4.78 is 2.04. The molecule has 4 rings (SSSR count). The van der Waals surface area contributed by atoms with Gasteiger partial charge < -0.3 is 5.32 Å². The zero-order valence-corrected chi connectivity index (χ0v) is 18.3. The highest BCUT2D eigenvalue weighted by Crippen LogP contribution is 2.29. The molecule has 2 heterocycles. The number of hydrogen-bond acceptors (Lipinski definition) is 5. The van der Waals surface area contributed by atoms with Crippen molar-refractivity contribution in [3.8, 4) is 17.1 Å². The standard InChI is InChI=1S/C24H23N5OS/c1-17-8-9-21(16-18(17)2)29-23(19-10-13-25-14-11-19)27-28-24(29)31-15-12-22(30)26-20-6-4-3-5-7-20/h3-11,13-14,16H,12,15H2,1-2H3,(H,26,30). The highest BCUT2D eigenvalue weighted by Gasteiger charge is 2.17. The highest BCUT2D eigenvalue weighted by molar-refractivity contribution is 7.99. The fraction of sp³-hybridized carbons (Fsp3) is 0.167. The van der Waals surface area contributed by atoms with Crippen LogP contribution in [0.5, 0.6) is 0 Å². The Hall–Kier alpha value is -3.45. The maximum atomic E-state index is 12.3. The third kappa shape index (κ3) is 5.00. The van der Waals surface area contributed by atoms with Gasteiger partial charge in [0.05, 0.1) is 5.69 Å². The summed E-state index contributed by atoms with van der Waals surface area (Å²) in [5, 5.41) is 12.5. The number of nitrogens with zero attached hydrogens (tertiary/aromatic N) is 4. The van der Waals surface area contributed by atoms with Crippen LogP contribution in [0.15, 0.2) is 78.2 Å². The third-order valence-electron chi connectivity index (χ3n) is 4.94. The first-order chi connectivity index (χ1) is 15.1. The molecule has 0 aliphatic carbocycles. The summed E-state index contributed by atoms with van der Waals surface area (Å²) in [6, 6.07) is 19.6. The molecule has 0 fully saturated rings. The second kappa shape index (κ2) is 9.57. The molecule has 6 nitrogen and oxygen atoms in total. The monoisotopic (exact) mass is 429 g/mol. The fourth-order valence-corrected chi connectivity index (χ4v) is 4.02. The molecule has 0 saturated carbocycles. The van der Waals surface area contributed by atoms with E-state index in [1.54, 1.807) is 12.4 Å². The van der Waals surface area contributed by atoms with Crippen molar-refractivity contribution >= 4 is 23.4 Å². The molecule has 0 unspecified atom stereocenters. The average molecular weight is 430 g/mol. The van der Waals surface area contributed by atoms with Crippen LogP contribution in [0, 0.1) is 13.8 Å². The van der Waals surface area contributed by atoms with Crippen molar-refractivity contribution in [1.82, 2.24) is 19.7 Å². The number of aromatic nitrogens is 4. The summed E-state index contributed by atoms with van der Waals surface area (Å²) in [5.41, 5.74) is 5.17. The molecular weight excluding hydrogens is 406 g/mol. The second-order valence-electron chi connectivity index (χ2n) is 7.16. The van der Waals surface area contributed by atoms with E-state index in [2.05, 4.69) is 52.5 Å². The largest absolute Gasteiger partial charge is 0.326 e. The summed E-state index contributed by atoms with van der Waals surface area (Å²) in [5.74, 6) is 1.32. The van der Waals surface area contributed by atoms with E-state index in [9.17, 15) is 4.79 Å². The minimum Gasteiger partial charge on any atom is -0.326 e. The number of hydrogen-bond donors (Lipinski definition) is 1. The Balaban J connectivity index is 1.55. The quantitative estimate of drug-likeness (QED) is 0.415. The van der Waals surface area contributed by atoms with Crippen LogP contribution in [0.25, 0.3) is 17.1 Å². The van der Waals surface area contributed by atoms with Crippen molar-refractivity contribution in [2.45, 2.75) is 25.4 Å². The lowest BCUT2D eigenvalue weighted by molar-refractivity contribution is -0.115. The summed E-state index contributed by atoms with van der Waals surface area (Å²) in [6.07, 6.45) is 3.87. The number of nitrogens with one attached hydrogen (secondary N) is 1. The van der Waals surface area contributed by atoms with Gasteiger partial charge in [0.15, 0.2) is 11.0 Å². The summed E-state index contributed by atoms with van der Waals surface area (Å²) in [4.78, 5) is 16.4. The van der Waals surface area contributed by atoms with Crippen molar-refractivity contribution in [3.05, 3.63) is 84.2 Å². The predicted molar refractivity (Wildman–Crippen MR) is 124 cm³/mol. The van der Waals surface area contributed by atoms with Crippen LogP contribution in [0.2, 0.25) is 0 Å². The van der Waals surface area contributed by atoms with Gasteiger partial charge in [0.2, 0.25) is 5.91 Å². The molecule has 0 atom stereocenters. The van der Waals surface area contributed by atoms with E-state index in [0.29, 0.717) is 12.2 Å². The van der Waals surface area contributed by atoms with Crippen molar-refractivity contribution < 1.29 is 4.79 Å². The molecule has 31 heavy (non-hydrogen) atoms. The molecule has 156 valence electrons. The number of rotatable bonds is 7. The Bertz CT molecular complexity index is 1180. The normalized spacial score (nSPS) is 10.8. The lowest BCUT2D eigenvalue weighted by Crippen LogP contribution is -2.12. The molecule has 0 aliphatic heterocycles. The van der Waals surface area contributed by atoms with Gasteiger partial charge in [0.25, 0.3) is 0 Å². The highest BCUT2D eigenvalue weighted by atomic mass is 32.2. The molecular formula is C24H23N5OS. The van der Waals surface area contributed by atoms with Crippen molar-refractivity contribution in [3.63, 3.8) is 0 Å². The van der Waals surface area contributed by atoms with Gasteiger partial charge in [-0.1, -0.05) is 36.0 Å². The Labute approximate surface area is 185 Å². The van der Waals surface area contributed by atoms with Crippen LogP contribution >= 0.6 is 11.8 Å². The van der Waals surface area contributed by atoms with E-state index in [0.717, 1.165) is 27.9 Å². The average Bonchev–Trinajstić information content (AvgIpc) is 3.21. The number of amides is 1. The van der Waals surface area contributed by atoms with E-state index in [1.165, 1.54) is 22.9 Å². The summed E-state index contributed by atoms with van der Waals surface area (Å²) >= 11 is 1.52. The van der Waals surface area contributed by atoms with Crippen LogP contribution in [0.1, 0.15) is 17.5 Å². The first-order valence-corrected chi connectivity index (χ1v) is 11.0. The van der Waals surface area contributed by atoms with E-state index < -0.39 is 0 Å². The number of benzene rings is 2. The van der Waals surface area contributed by atoms with Crippen LogP contribution in [-0.4, -0.2) is 31.4 Å². The smallest absolute Gasteiger partial charge is 0.225 e. The Morgan fingerprint density at radius 1 is 0.968 bits per heavy atom. The van der Waals surface area contributed by atoms with Crippen LogP contribution in [-0.2, 0) is 4.79 Å². The number of aryl methyl sites for hydroxylation is 2. The summed E-state index contributed by atoms with van der Waals surface area (Å²) in [7, 11) is 0. The maximum absolute atomic E-state index is 12.3. The number of carbonyl (C=O) groups excluding carboxylic acids is 1. The molecule has 2 aromatic heterocycles. The van der Waals surface area contributed by atoms with Crippen LogP contribution in [0.3, 0.4) is 0 Å². The van der Waals surface area contributed by atoms with Crippen LogP contribution < -0.4 is 5.32 Å². The number of pyridine rings is 1. The van der Waals surface area contributed by atoms with Gasteiger partial charge in [0.1, 0.15) is 0 Å². The molecule has 0 aliphatic rings. The zero-order valence-electron chi connectivity index (χ0n) is 17.4.